The minimum atomic E-state index is 0.0172. The zero-order chi connectivity index (χ0) is 14.4. The lowest BCUT2D eigenvalue weighted by atomic mass is 10.2. The topological polar surface area (TPSA) is 98.2 Å². The van der Waals surface area contributed by atoms with Crippen molar-refractivity contribution < 1.29 is 10.3 Å². The van der Waals surface area contributed by atoms with Gasteiger partial charge in [-0.2, -0.15) is 0 Å². The molecule has 4 N–H and O–H groups in total. The first-order valence-corrected chi connectivity index (χ1v) is 6.76. The number of nitrogens with zero attached hydrogens (tertiary/aromatic N) is 4. The van der Waals surface area contributed by atoms with Crippen molar-refractivity contribution in [2.24, 2.45) is 10.9 Å². The third kappa shape index (κ3) is 3.58. The van der Waals surface area contributed by atoms with Crippen LogP contribution in [0, 0.1) is 0 Å². The highest BCUT2D eigenvalue weighted by Crippen LogP contribution is 2.17. The van der Waals surface area contributed by atoms with Crippen molar-refractivity contribution in [3.05, 3.63) is 24.0 Å². The van der Waals surface area contributed by atoms with Gasteiger partial charge < -0.3 is 20.9 Å². The van der Waals surface area contributed by atoms with Crippen LogP contribution in [-0.4, -0.2) is 65.4 Å². The third-order valence-corrected chi connectivity index (χ3v) is 3.48. The van der Waals surface area contributed by atoms with Gasteiger partial charge >= 0.3 is 0 Å². The smallest absolute Gasteiger partial charge is 0.188 e. The molecule has 1 aliphatic heterocycles. The van der Waals surface area contributed by atoms with Crippen LogP contribution >= 0.6 is 0 Å². The molecule has 20 heavy (non-hydrogen) atoms. The molecule has 1 fully saturated rings. The molecule has 0 spiro atoms. The highest BCUT2D eigenvalue weighted by molar-refractivity contribution is 5.95. The standard InChI is InChI=1S/C13H21N5O2/c14-13(16-20)12-10-11(2-3-15-12)18-5-1-4-17(6-7-18)8-9-19/h2-3,10,19-20H,1,4-9H2,(H2,14,16). The third-order valence-electron chi connectivity index (χ3n) is 3.48. The number of amidine groups is 1. The molecule has 7 heteroatoms. The van der Waals surface area contributed by atoms with Crippen LogP contribution in [0.4, 0.5) is 5.69 Å². The van der Waals surface area contributed by atoms with Crippen LogP contribution in [0.15, 0.2) is 23.5 Å². The van der Waals surface area contributed by atoms with Gasteiger partial charge in [0, 0.05) is 38.1 Å². The van der Waals surface area contributed by atoms with Crippen molar-refractivity contribution in [2.75, 3.05) is 44.2 Å². The summed E-state index contributed by atoms with van der Waals surface area (Å²) in [6.07, 6.45) is 2.71. The highest BCUT2D eigenvalue weighted by atomic mass is 16.4. The first kappa shape index (κ1) is 14.5. The van der Waals surface area contributed by atoms with E-state index in [1.54, 1.807) is 6.20 Å². The molecule has 1 aromatic heterocycles. The predicted octanol–water partition coefficient (Wildman–Crippen LogP) is -0.320. The van der Waals surface area contributed by atoms with Crippen molar-refractivity contribution in [1.29, 1.82) is 0 Å². The van der Waals surface area contributed by atoms with Gasteiger partial charge in [-0.05, 0) is 25.1 Å². The quantitative estimate of drug-likeness (QED) is 0.302. The van der Waals surface area contributed by atoms with Gasteiger partial charge in [-0.15, -0.1) is 0 Å². The second-order valence-corrected chi connectivity index (χ2v) is 4.79. The van der Waals surface area contributed by atoms with Gasteiger partial charge in [-0.3, -0.25) is 9.88 Å². The Morgan fingerprint density at radius 1 is 1.35 bits per heavy atom. The van der Waals surface area contributed by atoms with E-state index in [4.69, 9.17) is 16.0 Å². The number of nitrogens with two attached hydrogens (primary N) is 1. The molecule has 0 amide bonds. The van der Waals surface area contributed by atoms with Crippen molar-refractivity contribution in [3.63, 3.8) is 0 Å². The average Bonchev–Trinajstić information content (AvgIpc) is 2.73. The van der Waals surface area contributed by atoms with Crippen LogP contribution in [0.5, 0.6) is 0 Å². The lowest BCUT2D eigenvalue weighted by Gasteiger charge is -2.23. The Bertz CT molecular complexity index is 466. The van der Waals surface area contributed by atoms with Gasteiger partial charge in [0.2, 0.25) is 0 Å². The number of hydrogen-bond acceptors (Lipinski definition) is 6. The minimum Gasteiger partial charge on any atom is -0.409 e. The maximum Gasteiger partial charge on any atom is 0.188 e. The molecule has 110 valence electrons. The maximum atomic E-state index is 9.00. The molecule has 0 aliphatic carbocycles. The van der Waals surface area contributed by atoms with E-state index in [9.17, 15) is 0 Å². The van der Waals surface area contributed by atoms with Gasteiger partial charge in [0.15, 0.2) is 5.84 Å². The Balaban J connectivity index is 2.08. The summed E-state index contributed by atoms with van der Waals surface area (Å²) in [5.74, 6) is 0.0172. The average molecular weight is 279 g/mol. The number of pyridine rings is 1. The number of hydrogen-bond donors (Lipinski definition) is 3. The van der Waals surface area contributed by atoms with Crippen LogP contribution in [-0.2, 0) is 0 Å². The lowest BCUT2D eigenvalue weighted by Crippen LogP contribution is -2.32. The Morgan fingerprint density at radius 2 is 2.20 bits per heavy atom. The number of rotatable bonds is 4. The van der Waals surface area contributed by atoms with Crippen LogP contribution < -0.4 is 10.6 Å². The van der Waals surface area contributed by atoms with E-state index >= 15 is 0 Å². The highest BCUT2D eigenvalue weighted by Gasteiger charge is 2.15. The molecule has 0 aromatic carbocycles. The minimum absolute atomic E-state index is 0.0172. The molecular formula is C13H21N5O2. The van der Waals surface area contributed by atoms with Gasteiger partial charge in [-0.1, -0.05) is 5.16 Å². The van der Waals surface area contributed by atoms with Crippen LogP contribution in [0.3, 0.4) is 0 Å². The summed E-state index contributed by atoms with van der Waals surface area (Å²) in [5.41, 5.74) is 7.06. The van der Waals surface area contributed by atoms with E-state index in [-0.39, 0.29) is 12.4 Å². The van der Waals surface area contributed by atoms with E-state index in [1.807, 2.05) is 12.1 Å². The van der Waals surface area contributed by atoms with E-state index < -0.39 is 0 Å². The molecule has 1 saturated heterocycles. The van der Waals surface area contributed by atoms with Gasteiger partial charge in [0.05, 0.1) is 6.61 Å². The van der Waals surface area contributed by atoms with Gasteiger partial charge in [0.25, 0.3) is 0 Å². The summed E-state index contributed by atoms with van der Waals surface area (Å²) >= 11 is 0. The first-order chi connectivity index (χ1) is 9.74. The Hall–Kier alpha value is -1.86. The summed E-state index contributed by atoms with van der Waals surface area (Å²) < 4.78 is 0. The Morgan fingerprint density at radius 3 is 2.95 bits per heavy atom. The summed E-state index contributed by atoms with van der Waals surface area (Å²) in [6.45, 7) is 4.67. The monoisotopic (exact) mass is 279 g/mol. The first-order valence-electron chi connectivity index (χ1n) is 6.76. The summed E-state index contributed by atoms with van der Waals surface area (Å²) in [6, 6.07) is 3.76. The molecule has 0 radical (unpaired) electrons. The van der Waals surface area contributed by atoms with E-state index in [0.29, 0.717) is 5.69 Å². The number of oxime groups is 1. The molecule has 2 heterocycles. The zero-order valence-corrected chi connectivity index (χ0v) is 11.4. The van der Waals surface area contributed by atoms with Crippen molar-refractivity contribution in [1.82, 2.24) is 9.88 Å². The summed E-state index contributed by atoms with van der Waals surface area (Å²) in [4.78, 5) is 8.60. The molecule has 1 aromatic rings. The van der Waals surface area contributed by atoms with Crippen LogP contribution in [0.2, 0.25) is 0 Å². The molecule has 0 atom stereocenters. The molecule has 2 rings (SSSR count). The second kappa shape index (κ2) is 7.06. The molecule has 0 unspecified atom stereocenters. The van der Waals surface area contributed by atoms with Crippen molar-refractivity contribution in [3.8, 4) is 0 Å². The van der Waals surface area contributed by atoms with E-state index in [0.717, 1.165) is 44.8 Å². The number of aromatic nitrogens is 1. The van der Waals surface area contributed by atoms with Crippen molar-refractivity contribution >= 4 is 11.5 Å². The Labute approximate surface area is 118 Å². The SMILES string of the molecule is N/C(=N/O)c1cc(N2CCCN(CCO)CC2)ccn1. The number of aliphatic hydroxyl groups is 1. The van der Waals surface area contributed by atoms with Crippen LogP contribution in [0.1, 0.15) is 12.1 Å². The Kier molecular flexibility index (Phi) is 5.14. The molecule has 0 saturated carbocycles. The number of aliphatic hydroxyl groups excluding tert-OH is 1. The largest absolute Gasteiger partial charge is 0.409 e. The molecule has 1 aliphatic rings. The maximum absolute atomic E-state index is 9.00. The summed E-state index contributed by atoms with van der Waals surface area (Å²) in [7, 11) is 0. The normalized spacial score (nSPS) is 18.1. The number of anilines is 1. The second-order valence-electron chi connectivity index (χ2n) is 4.79. The fourth-order valence-corrected chi connectivity index (χ4v) is 2.40. The zero-order valence-electron chi connectivity index (χ0n) is 11.4. The fourth-order valence-electron chi connectivity index (χ4n) is 2.40. The van der Waals surface area contributed by atoms with Crippen LogP contribution in [0.25, 0.3) is 0 Å². The molecular weight excluding hydrogens is 258 g/mol. The fraction of sp³-hybridized carbons (Fsp3) is 0.538. The van der Waals surface area contributed by atoms with Gasteiger partial charge in [-0.25, -0.2) is 0 Å². The van der Waals surface area contributed by atoms with Gasteiger partial charge in [0.1, 0.15) is 5.69 Å². The predicted molar refractivity (Wildman–Crippen MR) is 77.1 cm³/mol. The summed E-state index contributed by atoms with van der Waals surface area (Å²) in [5, 5.41) is 20.7. The van der Waals surface area contributed by atoms with E-state index in [2.05, 4.69) is 19.9 Å². The number of β-amino-alcohol motifs (C(OH)–C–C–N with tert-alkyl or cyclic N) is 1. The molecule has 7 nitrogen and oxygen atoms in total. The molecule has 0 bridgehead atoms. The lowest BCUT2D eigenvalue weighted by molar-refractivity contribution is 0.204. The van der Waals surface area contributed by atoms with E-state index in [1.165, 1.54) is 0 Å². The van der Waals surface area contributed by atoms with Crippen molar-refractivity contribution in [2.45, 2.75) is 6.42 Å².